The van der Waals surface area contributed by atoms with Crippen molar-refractivity contribution in [3.63, 3.8) is 0 Å². The van der Waals surface area contributed by atoms with Gasteiger partial charge in [-0.3, -0.25) is 9.52 Å². The fraction of sp³-hybridized carbons (Fsp3) is 0.200. The summed E-state index contributed by atoms with van der Waals surface area (Å²) in [5.41, 5.74) is 9.25. The third kappa shape index (κ3) is 5.42. The maximum Gasteiger partial charge on any atom is 0.271 e. The van der Waals surface area contributed by atoms with E-state index in [0.29, 0.717) is 5.69 Å². The molecule has 0 radical (unpaired) electrons. The average Bonchev–Trinajstić information content (AvgIpc) is 2.72. The second-order valence-electron chi connectivity index (χ2n) is 7.96. The first-order chi connectivity index (χ1) is 15.1. The largest absolute Gasteiger partial charge is 0.279 e. The van der Waals surface area contributed by atoms with Crippen molar-refractivity contribution in [1.29, 1.82) is 0 Å². The van der Waals surface area contributed by atoms with Crippen LogP contribution in [0, 0.1) is 34.6 Å². The molecule has 0 fully saturated rings. The molecular formula is C25H27N3O3S. The Balaban J connectivity index is 1.77. The van der Waals surface area contributed by atoms with Crippen LogP contribution in [0.15, 0.2) is 64.6 Å². The van der Waals surface area contributed by atoms with E-state index in [2.05, 4.69) is 15.2 Å². The molecule has 0 aliphatic carbocycles. The summed E-state index contributed by atoms with van der Waals surface area (Å²) in [6.07, 6.45) is 1.60. The van der Waals surface area contributed by atoms with Gasteiger partial charge in [-0.15, -0.1) is 0 Å². The quantitative estimate of drug-likeness (QED) is 0.419. The van der Waals surface area contributed by atoms with Crippen molar-refractivity contribution in [3.05, 3.63) is 93.5 Å². The molecule has 3 aromatic rings. The Labute approximate surface area is 189 Å². The van der Waals surface area contributed by atoms with Gasteiger partial charge in [-0.05, 0) is 75.6 Å². The van der Waals surface area contributed by atoms with Gasteiger partial charge in [-0.2, -0.15) is 5.10 Å². The number of hydrogen-bond acceptors (Lipinski definition) is 4. The van der Waals surface area contributed by atoms with E-state index in [4.69, 9.17) is 0 Å². The summed E-state index contributed by atoms with van der Waals surface area (Å²) in [5.74, 6) is -0.493. The number of carbonyl (C=O) groups is 1. The molecule has 3 rings (SSSR count). The highest BCUT2D eigenvalue weighted by Crippen LogP contribution is 2.21. The topological polar surface area (TPSA) is 87.6 Å². The monoisotopic (exact) mass is 449 g/mol. The molecular weight excluding hydrogens is 422 g/mol. The Morgan fingerprint density at radius 2 is 1.50 bits per heavy atom. The van der Waals surface area contributed by atoms with Crippen LogP contribution in [0.4, 0.5) is 5.69 Å². The summed E-state index contributed by atoms with van der Waals surface area (Å²) < 4.78 is 28.3. The van der Waals surface area contributed by atoms with Gasteiger partial charge in [-0.1, -0.05) is 41.5 Å². The first-order valence-electron chi connectivity index (χ1n) is 10.2. The van der Waals surface area contributed by atoms with Gasteiger partial charge >= 0.3 is 0 Å². The van der Waals surface area contributed by atoms with Crippen LogP contribution in [-0.2, 0) is 10.0 Å². The third-order valence-corrected chi connectivity index (χ3v) is 6.49. The molecule has 0 unspecified atom stereocenters. The highest BCUT2D eigenvalue weighted by Gasteiger charge is 2.17. The SMILES string of the molecule is Cc1ccc(NS(=O)(=O)c2cccc(C(=O)NN=Cc3c(C)cc(C)cc3C)c2)c(C)c1. The van der Waals surface area contributed by atoms with Crippen LogP contribution in [-0.4, -0.2) is 20.5 Å². The second kappa shape index (κ2) is 9.36. The minimum Gasteiger partial charge on any atom is -0.279 e. The summed E-state index contributed by atoms with van der Waals surface area (Å²) in [6.45, 7) is 9.78. The van der Waals surface area contributed by atoms with Crippen molar-refractivity contribution in [3.8, 4) is 0 Å². The molecule has 0 spiro atoms. The Morgan fingerprint density at radius 3 is 2.16 bits per heavy atom. The molecule has 0 aliphatic rings. The standard InChI is InChI=1S/C25H27N3O3S/c1-16-9-10-24(20(5)11-16)28-32(30,31)22-8-6-7-21(14-22)25(29)27-26-15-23-18(3)12-17(2)13-19(23)4/h6-15,28H,1-5H3,(H,27,29). The predicted molar refractivity (Wildman–Crippen MR) is 129 cm³/mol. The normalized spacial score (nSPS) is 11.5. The zero-order valence-electron chi connectivity index (χ0n) is 18.9. The Morgan fingerprint density at radius 1 is 0.844 bits per heavy atom. The Hall–Kier alpha value is -3.45. The van der Waals surface area contributed by atoms with Gasteiger partial charge in [0.05, 0.1) is 16.8 Å². The number of nitrogens with zero attached hydrogens (tertiary/aromatic N) is 1. The van der Waals surface area contributed by atoms with Gasteiger partial charge < -0.3 is 0 Å². The second-order valence-corrected chi connectivity index (χ2v) is 9.65. The molecule has 0 saturated heterocycles. The number of sulfonamides is 1. The highest BCUT2D eigenvalue weighted by molar-refractivity contribution is 7.92. The van der Waals surface area contributed by atoms with E-state index in [1.54, 1.807) is 18.3 Å². The van der Waals surface area contributed by atoms with Crippen LogP contribution < -0.4 is 10.1 Å². The fourth-order valence-corrected chi connectivity index (χ4v) is 4.73. The molecule has 0 atom stereocenters. The lowest BCUT2D eigenvalue weighted by Gasteiger charge is -2.12. The molecule has 6 nitrogen and oxygen atoms in total. The summed E-state index contributed by atoms with van der Waals surface area (Å²) in [5, 5.41) is 4.06. The molecule has 7 heteroatoms. The number of amides is 1. The number of nitrogens with one attached hydrogen (secondary N) is 2. The van der Waals surface area contributed by atoms with Crippen molar-refractivity contribution >= 4 is 27.8 Å². The number of anilines is 1. The van der Waals surface area contributed by atoms with Gasteiger partial charge in [-0.25, -0.2) is 13.8 Å². The van der Waals surface area contributed by atoms with Crippen molar-refractivity contribution in [2.75, 3.05) is 4.72 Å². The molecule has 32 heavy (non-hydrogen) atoms. The lowest BCUT2D eigenvalue weighted by Crippen LogP contribution is -2.19. The van der Waals surface area contributed by atoms with Gasteiger partial charge in [0.25, 0.3) is 15.9 Å². The number of aryl methyl sites for hydroxylation is 5. The number of rotatable bonds is 6. The smallest absolute Gasteiger partial charge is 0.271 e. The molecule has 0 aliphatic heterocycles. The number of carbonyl (C=O) groups excluding carboxylic acids is 1. The zero-order valence-corrected chi connectivity index (χ0v) is 19.7. The van der Waals surface area contributed by atoms with E-state index in [1.165, 1.54) is 18.2 Å². The molecule has 3 aromatic carbocycles. The average molecular weight is 450 g/mol. The minimum absolute atomic E-state index is 0.000622. The molecule has 0 bridgehead atoms. The van der Waals surface area contributed by atoms with Gasteiger partial charge in [0.2, 0.25) is 0 Å². The van der Waals surface area contributed by atoms with Gasteiger partial charge in [0.15, 0.2) is 0 Å². The van der Waals surface area contributed by atoms with E-state index < -0.39 is 15.9 Å². The van der Waals surface area contributed by atoms with E-state index in [9.17, 15) is 13.2 Å². The van der Waals surface area contributed by atoms with Gasteiger partial charge in [0.1, 0.15) is 0 Å². The Kier molecular flexibility index (Phi) is 6.79. The zero-order chi connectivity index (χ0) is 23.5. The van der Waals surface area contributed by atoms with Crippen LogP contribution in [0.5, 0.6) is 0 Å². The van der Waals surface area contributed by atoms with Crippen LogP contribution in [0.2, 0.25) is 0 Å². The molecule has 0 saturated carbocycles. The first kappa shape index (κ1) is 23.2. The van der Waals surface area contributed by atoms with Crippen LogP contribution in [0.25, 0.3) is 0 Å². The number of hydrazone groups is 1. The molecule has 166 valence electrons. The Bertz CT molecular complexity index is 1290. The fourth-order valence-electron chi connectivity index (χ4n) is 3.55. The summed E-state index contributed by atoms with van der Waals surface area (Å²) in [7, 11) is -3.85. The maximum absolute atomic E-state index is 12.8. The summed E-state index contributed by atoms with van der Waals surface area (Å²) in [4.78, 5) is 12.5. The van der Waals surface area contributed by atoms with Crippen LogP contribution in [0.3, 0.4) is 0 Å². The van der Waals surface area contributed by atoms with E-state index in [0.717, 1.165) is 33.4 Å². The van der Waals surface area contributed by atoms with Crippen molar-refractivity contribution in [1.82, 2.24) is 5.43 Å². The van der Waals surface area contributed by atoms with Crippen LogP contribution in [0.1, 0.15) is 43.7 Å². The molecule has 1 amide bonds. The van der Waals surface area contributed by atoms with Crippen LogP contribution >= 0.6 is 0 Å². The first-order valence-corrected chi connectivity index (χ1v) is 11.7. The van der Waals surface area contributed by atoms with Crippen molar-refractivity contribution in [2.24, 2.45) is 5.10 Å². The predicted octanol–water partition coefficient (Wildman–Crippen LogP) is 4.79. The molecule has 0 aromatic heterocycles. The minimum atomic E-state index is -3.85. The number of benzene rings is 3. The van der Waals surface area contributed by atoms with E-state index in [1.807, 2.05) is 58.9 Å². The lowest BCUT2D eigenvalue weighted by atomic mass is 10.0. The van der Waals surface area contributed by atoms with E-state index >= 15 is 0 Å². The van der Waals surface area contributed by atoms with Crippen molar-refractivity contribution in [2.45, 2.75) is 39.5 Å². The summed E-state index contributed by atoms with van der Waals surface area (Å²) in [6, 6.07) is 15.4. The molecule has 0 heterocycles. The lowest BCUT2D eigenvalue weighted by molar-refractivity contribution is 0.0955. The van der Waals surface area contributed by atoms with E-state index in [-0.39, 0.29) is 10.5 Å². The van der Waals surface area contributed by atoms with Crippen molar-refractivity contribution < 1.29 is 13.2 Å². The maximum atomic E-state index is 12.8. The summed E-state index contributed by atoms with van der Waals surface area (Å²) >= 11 is 0. The molecule has 2 N–H and O–H groups in total. The third-order valence-electron chi connectivity index (χ3n) is 5.13. The van der Waals surface area contributed by atoms with Gasteiger partial charge in [0, 0.05) is 11.1 Å². The highest BCUT2D eigenvalue weighted by atomic mass is 32.2. The number of hydrogen-bond donors (Lipinski definition) is 2.